The van der Waals surface area contributed by atoms with Gasteiger partial charge in [0, 0.05) is 43.0 Å². The highest BCUT2D eigenvalue weighted by molar-refractivity contribution is 14.0. The summed E-state index contributed by atoms with van der Waals surface area (Å²) >= 11 is 1.82. The van der Waals surface area contributed by atoms with Crippen LogP contribution in [0.4, 0.5) is 0 Å². The highest BCUT2D eigenvalue weighted by Gasteiger charge is 2.26. The van der Waals surface area contributed by atoms with E-state index in [0.717, 1.165) is 64.2 Å². The first-order valence-corrected chi connectivity index (χ1v) is 11.8. The molecule has 166 valence electrons. The van der Waals surface area contributed by atoms with Gasteiger partial charge in [-0.2, -0.15) is 0 Å². The Labute approximate surface area is 198 Å². The second-order valence-electron chi connectivity index (χ2n) is 7.87. The number of hydrogen-bond acceptors (Lipinski definition) is 3. The monoisotopic (exact) mass is 534 g/mol. The van der Waals surface area contributed by atoms with Crippen LogP contribution in [-0.2, 0) is 11.2 Å². The molecule has 7 heteroatoms. The number of halogens is 1. The molecule has 2 heterocycles. The Bertz CT molecular complexity index is 596. The zero-order chi connectivity index (χ0) is 20.4. The van der Waals surface area contributed by atoms with E-state index in [4.69, 9.17) is 4.99 Å². The molecule has 0 spiro atoms. The normalized spacial score (nSPS) is 16.4. The molecule has 29 heavy (non-hydrogen) atoms. The smallest absolute Gasteiger partial charge is 0.225 e. The van der Waals surface area contributed by atoms with Gasteiger partial charge in [0.1, 0.15) is 0 Å². The van der Waals surface area contributed by atoms with Crippen molar-refractivity contribution in [3.8, 4) is 0 Å². The highest BCUT2D eigenvalue weighted by Crippen LogP contribution is 2.18. The van der Waals surface area contributed by atoms with Gasteiger partial charge in [-0.15, -0.1) is 35.3 Å². The number of carbonyl (C=O) groups is 1. The van der Waals surface area contributed by atoms with Crippen LogP contribution >= 0.6 is 35.3 Å². The summed E-state index contributed by atoms with van der Waals surface area (Å²) in [6.45, 7) is 12.0. The third-order valence-electron chi connectivity index (χ3n) is 5.52. The summed E-state index contributed by atoms with van der Waals surface area (Å²) in [6.07, 6.45) is 4.93. The largest absolute Gasteiger partial charge is 0.357 e. The fourth-order valence-electron chi connectivity index (χ4n) is 3.74. The van der Waals surface area contributed by atoms with Gasteiger partial charge in [0.15, 0.2) is 5.96 Å². The molecule has 2 rings (SSSR count). The Morgan fingerprint density at radius 2 is 1.97 bits per heavy atom. The molecular formula is C22H39IN4OS. The predicted octanol–water partition coefficient (Wildman–Crippen LogP) is 4.53. The number of amides is 1. The van der Waals surface area contributed by atoms with Crippen molar-refractivity contribution in [2.75, 3.05) is 26.2 Å². The molecule has 1 aliphatic heterocycles. The van der Waals surface area contributed by atoms with Gasteiger partial charge >= 0.3 is 0 Å². The number of likely N-dealkylation sites (tertiary alicyclic amines) is 1. The second kappa shape index (κ2) is 14.2. The summed E-state index contributed by atoms with van der Waals surface area (Å²) < 4.78 is 0. The van der Waals surface area contributed by atoms with Crippen molar-refractivity contribution in [1.82, 2.24) is 15.5 Å². The Hall–Kier alpha value is -0.830. The van der Waals surface area contributed by atoms with Crippen LogP contribution in [0.5, 0.6) is 0 Å². The molecule has 0 aromatic carbocycles. The van der Waals surface area contributed by atoms with E-state index in [2.05, 4.69) is 60.7 Å². The Balaban J connectivity index is 0.00000420. The Morgan fingerprint density at radius 3 is 2.52 bits per heavy atom. The molecule has 0 bridgehead atoms. The van der Waals surface area contributed by atoms with E-state index in [0.29, 0.717) is 17.9 Å². The molecule has 1 aromatic heterocycles. The van der Waals surface area contributed by atoms with Crippen molar-refractivity contribution in [1.29, 1.82) is 0 Å². The van der Waals surface area contributed by atoms with Crippen LogP contribution in [0, 0.1) is 11.8 Å². The van der Waals surface area contributed by atoms with Crippen LogP contribution in [0.2, 0.25) is 0 Å². The predicted molar refractivity (Wildman–Crippen MR) is 135 cm³/mol. The van der Waals surface area contributed by atoms with Crippen LogP contribution in [0.15, 0.2) is 22.5 Å². The zero-order valence-corrected chi connectivity index (χ0v) is 21.6. The van der Waals surface area contributed by atoms with Gasteiger partial charge < -0.3 is 15.5 Å². The van der Waals surface area contributed by atoms with Gasteiger partial charge in [-0.05, 0) is 56.4 Å². The number of nitrogens with one attached hydrogen (secondary N) is 2. The lowest BCUT2D eigenvalue weighted by atomic mass is 9.98. The van der Waals surface area contributed by atoms with Gasteiger partial charge in [0.05, 0.1) is 0 Å². The number of hydrogen-bond donors (Lipinski definition) is 2. The van der Waals surface area contributed by atoms with Crippen molar-refractivity contribution in [2.24, 2.45) is 16.8 Å². The molecule has 1 aromatic rings. The third-order valence-corrected chi connectivity index (χ3v) is 6.42. The van der Waals surface area contributed by atoms with Crippen molar-refractivity contribution < 1.29 is 4.79 Å². The molecule has 0 radical (unpaired) electrons. The van der Waals surface area contributed by atoms with E-state index in [-0.39, 0.29) is 29.9 Å². The summed E-state index contributed by atoms with van der Waals surface area (Å²) in [5, 5.41) is 9.10. The lowest BCUT2D eigenvalue weighted by Gasteiger charge is -2.35. The summed E-state index contributed by atoms with van der Waals surface area (Å²) in [5.41, 5.74) is 0. The molecule has 1 fully saturated rings. The van der Waals surface area contributed by atoms with E-state index in [1.165, 1.54) is 4.88 Å². The number of aliphatic imine (C=N–C) groups is 1. The maximum absolute atomic E-state index is 12.6. The molecule has 0 saturated carbocycles. The molecule has 1 unspecified atom stereocenters. The average molecular weight is 535 g/mol. The fourth-order valence-corrected chi connectivity index (χ4v) is 4.61. The van der Waals surface area contributed by atoms with Gasteiger partial charge in [-0.1, -0.05) is 26.8 Å². The number of carbonyl (C=O) groups excluding carboxylic acids is 1. The summed E-state index contributed by atoms with van der Waals surface area (Å²) in [4.78, 5) is 20.9. The van der Waals surface area contributed by atoms with E-state index < -0.39 is 0 Å². The minimum Gasteiger partial charge on any atom is -0.357 e. The van der Waals surface area contributed by atoms with E-state index in [9.17, 15) is 4.79 Å². The highest BCUT2D eigenvalue weighted by atomic mass is 127. The fraction of sp³-hybridized carbons (Fsp3) is 0.727. The van der Waals surface area contributed by atoms with Crippen molar-refractivity contribution in [3.05, 3.63) is 22.4 Å². The summed E-state index contributed by atoms with van der Waals surface area (Å²) in [5.74, 6) is 1.96. The Kier molecular flexibility index (Phi) is 12.9. The van der Waals surface area contributed by atoms with E-state index in [1.54, 1.807) is 0 Å². The molecular weight excluding hydrogens is 495 g/mol. The molecule has 5 nitrogen and oxygen atoms in total. The first kappa shape index (κ1) is 26.2. The van der Waals surface area contributed by atoms with Gasteiger partial charge in [-0.3, -0.25) is 9.79 Å². The number of rotatable bonds is 9. The van der Waals surface area contributed by atoms with Crippen LogP contribution in [0.25, 0.3) is 0 Å². The first-order chi connectivity index (χ1) is 13.6. The number of piperidine rings is 1. The average Bonchev–Trinajstić information content (AvgIpc) is 3.20. The lowest BCUT2D eigenvalue weighted by molar-refractivity contribution is -0.136. The Morgan fingerprint density at radius 1 is 1.28 bits per heavy atom. The topological polar surface area (TPSA) is 56.7 Å². The number of guanidine groups is 1. The summed E-state index contributed by atoms with van der Waals surface area (Å²) in [6, 6.07) is 4.70. The van der Waals surface area contributed by atoms with Gasteiger partial charge in [0.25, 0.3) is 0 Å². The maximum Gasteiger partial charge on any atom is 0.225 e. The first-order valence-electron chi connectivity index (χ1n) is 10.9. The van der Waals surface area contributed by atoms with Crippen LogP contribution < -0.4 is 10.6 Å². The number of thiophene rings is 1. The van der Waals surface area contributed by atoms with Gasteiger partial charge in [-0.25, -0.2) is 0 Å². The van der Waals surface area contributed by atoms with Crippen molar-refractivity contribution in [2.45, 2.75) is 65.8 Å². The van der Waals surface area contributed by atoms with Crippen LogP contribution in [0.1, 0.15) is 58.3 Å². The molecule has 1 amide bonds. The molecule has 1 saturated heterocycles. The van der Waals surface area contributed by atoms with Crippen LogP contribution in [-0.4, -0.2) is 49.0 Å². The maximum atomic E-state index is 12.6. The number of nitrogens with zero attached hydrogens (tertiary/aromatic N) is 2. The third kappa shape index (κ3) is 8.82. The SMILES string of the molecule is CCNC(=NCC(C)Cc1cccs1)NC1CCN(C(=O)C(CC)CC)CC1.I. The van der Waals surface area contributed by atoms with E-state index in [1.807, 2.05) is 11.3 Å². The molecule has 0 aliphatic carbocycles. The standard InChI is InChI=1S/C22H38N4OS.HI/c1-5-18(6-2)21(27)26-12-10-19(11-13-26)25-22(23-7-3)24-16-17(4)15-20-9-8-14-28-20;/h8-9,14,17-19H,5-7,10-13,15-16H2,1-4H3,(H2,23,24,25);1H. The second-order valence-corrected chi connectivity index (χ2v) is 8.90. The zero-order valence-electron chi connectivity index (χ0n) is 18.4. The summed E-state index contributed by atoms with van der Waals surface area (Å²) in [7, 11) is 0. The molecule has 1 aliphatic rings. The van der Waals surface area contributed by atoms with E-state index >= 15 is 0 Å². The lowest BCUT2D eigenvalue weighted by Crippen LogP contribution is -2.50. The van der Waals surface area contributed by atoms with Gasteiger partial charge in [0.2, 0.25) is 5.91 Å². The van der Waals surface area contributed by atoms with Crippen LogP contribution in [0.3, 0.4) is 0 Å². The molecule has 2 N–H and O–H groups in total. The quantitative estimate of drug-likeness (QED) is 0.278. The molecule has 1 atom stereocenters. The van der Waals surface area contributed by atoms with Crippen molar-refractivity contribution in [3.63, 3.8) is 0 Å². The minimum absolute atomic E-state index is 0. The van der Waals surface area contributed by atoms with Crippen molar-refractivity contribution >= 4 is 47.2 Å². The minimum atomic E-state index is 0.